The van der Waals surface area contributed by atoms with Crippen molar-refractivity contribution >= 4 is 11.8 Å². The maximum Gasteiger partial charge on any atom is 0.237 e. The first-order chi connectivity index (χ1) is 12.4. The van der Waals surface area contributed by atoms with Crippen LogP contribution in [-0.4, -0.2) is 58.2 Å². The Morgan fingerprint density at radius 2 is 2.19 bits per heavy atom. The minimum atomic E-state index is -0.191. The summed E-state index contributed by atoms with van der Waals surface area (Å²) in [6.45, 7) is 10.6. The third kappa shape index (κ3) is 5.42. The van der Waals surface area contributed by atoms with E-state index in [4.69, 9.17) is 0 Å². The van der Waals surface area contributed by atoms with Crippen molar-refractivity contribution in [1.29, 1.82) is 0 Å². The monoisotopic (exact) mass is 361 g/mol. The van der Waals surface area contributed by atoms with E-state index < -0.39 is 0 Å². The van der Waals surface area contributed by atoms with Gasteiger partial charge in [-0.3, -0.25) is 19.2 Å². The minimum absolute atomic E-state index is 0.00141. The number of likely N-dealkylation sites (tertiary alicyclic amines) is 1. The van der Waals surface area contributed by atoms with Gasteiger partial charge >= 0.3 is 0 Å². The van der Waals surface area contributed by atoms with Gasteiger partial charge in [0.15, 0.2) is 0 Å². The molecule has 1 fully saturated rings. The second-order valence-corrected chi connectivity index (χ2v) is 6.92. The highest BCUT2D eigenvalue weighted by Crippen LogP contribution is 2.20. The molecule has 2 N–H and O–H groups in total. The Morgan fingerprint density at radius 3 is 2.81 bits per heavy atom. The fourth-order valence-corrected chi connectivity index (χ4v) is 3.30. The molecule has 7 nitrogen and oxygen atoms in total. The predicted molar refractivity (Wildman–Crippen MR) is 102 cm³/mol. The topological polar surface area (TPSA) is 79.3 Å². The molecule has 1 saturated heterocycles. The molecule has 0 unspecified atom stereocenters. The van der Waals surface area contributed by atoms with Crippen LogP contribution in [0.1, 0.15) is 39.3 Å². The van der Waals surface area contributed by atoms with Crippen molar-refractivity contribution in [3.05, 3.63) is 29.6 Å². The summed E-state index contributed by atoms with van der Waals surface area (Å²) in [5.41, 5.74) is 2.27. The van der Waals surface area contributed by atoms with Crippen molar-refractivity contribution in [3.63, 3.8) is 0 Å². The molecule has 0 aromatic carbocycles. The molecule has 2 rings (SSSR count). The van der Waals surface area contributed by atoms with E-state index >= 15 is 0 Å². The van der Waals surface area contributed by atoms with E-state index in [0.29, 0.717) is 32.5 Å². The standard InChI is InChI=1S/C19H31N5O2/c1-5-14(3)12-23-13-16(11-17(23)19(26)20-6-2)22-18(25)8-10-24-15(4)7-9-21-24/h5,7,9,16-17H,6,8,10-13H2,1-4H3,(H,20,26)(H,22,25)/t16-,17+/m1/s1. The van der Waals surface area contributed by atoms with Gasteiger partial charge in [0.1, 0.15) is 0 Å². The molecule has 1 aliphatic rings. The van der Waals surface area contributed by atoms with E-state index in [9.17, 15) is 9.59 Å². The van der Waals surface area contributed by atoms with E-state index in [1.165, 1.54) is 5.57 Å². The summed E-state index contributed by atoms with van der Waals surface area (Å²) < 4.78 is 1.83. The summed E-state index contributed by atoms with van der Waals surface area (Å²) in [6.07, 6.45) is 4.84. The van der Waals surface area contributed by atoms with E-state index in [0.717, 1.165) is 12.2 Å². The Bertz CT molecular complexity index is 652. The van der Waals surface area contributed by atoms with Crippen molar-refractivity contribution in [2.45, 2.75) is 59.2 Å². The fraction of sp³-hybridized carbons (Fsp3) is 0.632. The van der Waals surface area contributed by atoms with Crippen molar-refractivity contribution in [1.82, 2.24) is 25.3 Å². The molecule has 1 aromatic rings. The van der Waals surface area contributed by atoms with Crippen molar-refractivity contribution in [3.8, 4) is 0 Å². The molecule has 1 aromatic heterocycles. The molecule has 1 aliphatic heterocycles. The molecule has 0 spiro atoms. The first-order valence-electron chi connectivity index (χ1n) is 9.35. The molecule has 2 heterocycles. The summed E-state index contributed by atoms with van der Waals surface area (Å²) in [4.78, 5) is 26.8. The lowest BCUT2D eigenvalue weighted by Crippen LogP contribution is -2.43. The SMILES string of the molecule is CC=C(C)CN1C[C@H](NC(=O)CCn2nccc2C)C[C@H]1C(=O)NCC. The molecular weight excluding hydrogens is 330 g/mol. The van der Waals surface area contributed by atoms with Gasteiger partial charge in [0, 0.05) is 50.5 Å². The van der Waals surface area contributed by atoms with Crippen LogP contribution in [0.3, 0.4) is 0 Å². The van der Waals surface area contributed by atoms with Crippen LogP contribution in [-0.2, 0) is 16.1 Å². The van der Waals surface area contributed by atoms with Gasteiger partial charge in [-0.15, -0.1) is 0 Å². The first-order valence-corrected chi connectivity index (χ1v) is 9.35. The minimum Gasteiger partial charge on any atom is -0.355 e. The van der Waals surface area contributed by atoms with Crippen LogP contribution in [0.15, 0.2) is 23.9 Å². The lowest BCUT2D eigenvalue weighted by molar-refractivity contribution is -0.125. The molecule has 0 radical (unpaired) electrons. The molecule has 0 bridgehead atoms. The summed E-state index contributed by atoms with van der Waals surface area (Å²) in [7, 11) is 0. The van der Waals surface area contributed by atoms with Gasteiger partial charge in [-0.1, -0.05) is 11.6 Å². The average molecular weight is 361 g/mol. The van der Waals surface area contributed by atoms with Crippen LogP contribution < -0.4 is 10.6 Å². The lowest BCUT2D eigenvalue weighted by Gasteiger charge is -2.23. The van der Waals surface area contributed by atoms with Gasteiger partial charge in [-0.2, -0.15) is 5.10 Å². The molecule has 2 amide bonds. The number of aryl methyl sites for hydroxylation is 2. The van der Waals surface area contributed by atoms with Crippen molar-refractivity contribution in [2.75, 3.05) is 19.6 Å². The highest BCUT2D eigenvalue weighted by molar-refractivity contribution is 5.82. The zero-order chi connectivity index (χ0) is 19.1. The third-order valence-electron chi connectivity index (χ3n) is 4.85. The Labute approximate surface area is 155 Å². The second kappa shape index (κ2) is 9.52. The number of rotatable bonds is 8. The van der Waals surface area contributed by atoms with Gasteiger partial charge in [-0.05, 0) is 40.2 Å². The second-order valence-electron chi connectivity index (χ2n) is 6.92. The first kappa shape index (κ1) is 20.2. The van der Waals surface area contributed by atoms with Gasteiger partial charge < -0.3 is 10.6 Å². The number of amides is 2. The summed E-state index contributed by atoms with van der Waals surface area (Å²) in [6, 6.07) is 1.73. The van der Waals surface area contributed by atoms with Crippen LogP contribution in [0.25, 0.3) is 0 Å². The number of hydrogen-bond donors (Lipinski definition) is 2. The van der Waals surface area contributed by atoms with Crippen molar-refractivity contribution < 1.29 is 9.59 Å². The maximum absolute atomic E-state index is 12.4. The fourth-order valence-electron chi connectivity index (χ4n) is 3.30. The smallest absolute Gasteiger partial charge is 0.237 e. The predicted octanol–water partition coefficient (Wildman–Crippen LogP) is 1.24. The number of hydrogen-bond acceptors (Lipinski definition) is 4. The number of aromatic nitrogens is 2. The quantitative estimate of drug-likeness (QED) is 0.683. The zero-order valence-electron chi connectivity index (χ0n) is 16.3. The van der Waals surface area contributed by atoms with Gasteiger partial charge in [0.05, 0.1) is 6.04 Å². The molecule has 144 valence electrons. The zero-order valence-corrected chi connectivity index (χ0v) is 16.3. The Kier molecular flexibility index (Phi) is 7.38. The van der Waals surface area contributed by atoms with Crippen LogP contribution in [0.4, 0.5) is 0 Å². The van der Waals surface area contributed by atoms with Crippen LogP contribution in [0, 0.1) is 6.92 Å². The van der Waals surface area contributed by atoms with E-state index in [1.807, 2.05) is 31.5 Å². The molecule has 7 heteroatoms. The molecule has 0 aliphatic carbocycles. The highest BCUT2D eigenvalue weighted by atomic mass is 16.2. The van der Waals surface area contributed by atoms with Crippen LogP contribution in [0.5, 0.6) is 0 Å². The third-order valence-corrected chi connectivity index (χ3v) is 4.85. The number of nitrogens with zero attached hydrogens (tertiary/aromatic N) is 3. The number of carbonyl (C=O) groups excluding carboxylic acids is 2. The average Bonchev–Trinajstić information content (AvgIpc) is 3.19. The van der Waals surface area contributed by atoms with E-state index in [2.05, 4.69) is 33.6 Å². The lowest BCUT2D eigenvalue weighted by atomic mass is 10.1. The maximum atomic E-state index is 12.4. The Hall–Kier alpha value is -2.15. The Balaban J connectivity index is 1.91. The normalized spacial score (nSPS) is 21.0. The molecular formula is C19H31N5O2. The van der Waals surface area contributed by atoms with Crippen LogP contribution >= 0.6 is 0 Å². The van der Waals surface area contributed by atoms with Crippen LogP contribution in [0.2, 0.25) is 0 Å². The largest absolute Gasteiger partial charge is 0.355 e. The number of carbonyl (C=O) groups is 2. The summed E-state index contributed by atoms with van der Waals surface area (Å²) in [5.74, 6) is 0.0458. The van der Waals surface area contributed by atoms with Gasteiger partial charge in [0.2, 0.25) is 11.8 Å². The summed E-state index contributed by atoms with van der Waals surface area (Å²) in [5, 5.41) is 10.2. The summed E-state index contributed by atoms with van der Waals surface area (Å²) >= 11 is 0. The van der Waals surface area contributed by atoms with E-state index in [1.54, 1.807) is 6.20 Å². The number of likely N-dealkylation sites (N-methyl/N-ethyl adjacent to an activating group) is 1. The number of allylic oxidation sites excluding steroid dienone is 1. The highest BCUT2D eigenvalue weighted by Gasteiger charge is 2.36. The van der Waals surface area contributed by atoms with E-state index in [-0.39, 0.29) is 23.9 Å². The number of nitrogens with one attached hydrogen (secondary N) is 2. The van der Waals surface area contributed by atoms with Gasteiger partial charge in [-0.25, -0.2) is 0 Å². The van der Waals surface area contributed by atoms with Gasteiger partial charge in [0.25, 0.3) is 0 Å². The molecule has 2 atom stereocenters. The molecule has 0 saturated carbocycles. The molecule has 26 heavy (non-hydrogen) atoms. The van der Waals surface area contributed by atoms with Crippen molar-refractivity contribution in [2.24, 2.45) is 0 Å². The Morgan fingerprint density at radius 1 is 1.42 bits per heavy atom.